The number of carbonyl (C=O) groups is 1. The maximum absolute atomic E-state index is 13.6. The average molecular weight is 467 g/mol. The number of piperidine rings is 1. The maximum Gasteiger partial charge on any atom is 0.257 e. The van der Waals surface area contributed by atoms with E-state index in [0.29, 0.717) is 24.4 Å². The zero-order chi connectivity index (χ0) is 23.3. The summed E-state index contributed by atoms with van der Waals surface area (Å²) in [6, 6.07) is 22.9. The Morgan fingerprint density at radius 2 is 1.79 bits per heavy atom. The molecule has 1 fully saturated rings. The molecule has 4 aromatic rings. The van der Waals surface area contributed by atoms with E-state index in [-0.39, 0.29) is 5.91 Å². The summed E-state index contributed by atoms with van der Waals surface area (Å²) >= 11 is 1.54. The van der Waals surface area contributed by atoms with Gasteiger partial charge in [-0.1, -0.05) is 60.7 Å². The van der Waals surface area contributed by atoms with E-state index in [1.807, 2.05) is 34.5 Å². The molecule has 1 saturated heterocycles. The second kappa shape index (κ2) is 10.1. The highest BCUT2D eigenvalue weighted by atomic mass is 32.1. The van der Waals surface area contributed by atoms with Crippen molar-refractivity contribution in [3.63, 3.8) is 0 Å². The van der Waals surface area contributed by atoms with Gasteiger partial charge in [0.25, 0.3) is 5.91 Å². The van der Waals surface area contributed by atoms with Crippen molar-refractivity contribution in [2.75, 3.05) is 18.4 Å². The Hall–Kier alpha value is -3.69. The Balaban J connectivity index is 1.41. The van der Waals surface area contributed by atoms with Gasteiger partial charge >= 0.3 is 0 Å². The lowest BCUT2D eigenvalue weighted by atomic mass is 9.89. The lowest BCUT2D eigenvalue weighted by Crippen LogP contribution is -2.38. The van der Waals surface area contributed by atoms with E-state index in [9.17, 15) is 10.1 Å². The third-order valence-electron chi connectivity index (χ3n) is 6.52. The van der Waals surface area contributed by atoms with E-state index in [1.165, 1.54) is 5.56 Å². The molecule has 1 aliphatic rings. The number of pyridine rings is 1. The smallest absolute Gasteiger partial charge is 0.257 e. The van der Waals surface area contributed by atoms with Gasteiger partial charge in [-0.15, -0.1) is 11.3 Å². The van der Waals surface area contributed by atoms with Crippen LogP contribution >= 0.6 is 11.3 Å². The molecule has 0 bridgehead atoms. The predicted molar refractivity (Wildman–Crippen MR) is 137 cm³/mol. The number of rotatable bonds is 6. The number of fused-ring (bicyclic) bond motifs is 1. The highest BCUT2D eigenvalue weighted by molar-refractivity contribution is 7.18. The lowest BCUT2D eigenvalue weighted by Gasteiger charge is -2.32. The van der Waals surface area contributed by atoms with Crippen LogP contribution in [0.2, 0.25) is 0 Å². The molecule has 0 saturated carbocycles. The number of nitrogens with zero attached hydrogens (tertiary/aromatic N) is 3. The maximum atomic E-state index is 13.6. The van der Waals surface area contributed by atoms with Gasteiger partial charge in [0.2, 0.25) is 0 Å². The molecule has 1 N–H and O–H groups in total. The van der Waals surface area contributed by atoms with Crippen LogP contribution in [0, 0.1) is 11.3 Å². The summed E-state index contributed by atoms with van der Waals surface area (Å²) in [5, 5.41) is 14.7. The van der Waals surface area contributed by atoms with Crippen molar-refractivity contribution >= 4 is 33.1 Å². The molecule has 5 nitrogen and oxygen atoms in total. The Morgan fingerprint density at radius 1 is 1.09 bits per heavy atom. The first kappa shape index (κ1) is 22.1. The average Bonchev–Trinajstić information content (AvgIpc) is 3.31. The Bertz CT molecular complexity index is 1320. The Labute approximate surface area is 203 Å². The molecule has 0 atom stereocenters. The largest absolute Gasteiger partial charge is 0.379 e. The van der Waals surface area contributed by atoms with Crippen LogP contribution in [-0.4, -0.2) is 28.9 Å². The molecule has 0 unspecified atom stereocenters. The molecule has 34 heavy (non-hydrogen) atoms. The molecular weight excluding hydrogens is 440 g/mol. The normalized spacial score (nSPS) is 14.1. The van der Waals surface area contributed by atoms with Gasteiger partial charge in [-0.2, -0.15) is 5.26 Å². The number of benzene rings is 2. The van der Waals surface area contributed by atoms with Gasteiger partial charge in [0, 0.05) is 31.4 Å². The van der Waals surface area contributed by atoms with Crippen LogP contribution in [0.3, 0.4) is 0 Å². The first-order chi connectivity index (χ1) is 16.7. The Kier molecular flexibility index (Phi) is 6.55. The number of hydrogen-bond donors (Lipinski definition) is 1. The number of amides is 1. The number of nitriles is 1. The molecule has 1 amide bonds. The predicted octanol–water partition coefficient (Wildman–Crippen LogP) is 5.99. The summed E-state index contributed by atoms with van der Waals surface area (Å²) in [7, 11) is 0. The van der Waals surface area contributed by atoms with E-state index >= 15 is 0 Å². The molecule has 0 radical (unpaired) electrons. The van der Waals surface area contributed by atoms with Crippen molar-refractivity contribution in [2.45, 2.75) is 31.7 Å². The molecular formula is C28H26N4OS. The van der Waals surface area contributed by atoms with Crippen molar-refractivity contribution < 1.29 is 4.79 Å². The SMILES string of the molecule is N#CCc1csc2c(NCc3ccccc3)c(C(=O)N3CCC(c4ccccc4)CC3)cnc12. The van der Waals surface area contributed by atoms with E-state index in [0.717, 1.165) is 53.0 Å². The molecule has 3 heterocycles. The third-order valence-corrected chi connectivity index (χ3v) is 7.56. The van der Waals surface area contributed by atoms with Crippen molar-refractivity contribution in [3.8, 4) is 6.07 Å². The molecule has 6 heteroatoms. The lowest BCUT2D eigenvalue weighted by molar-refractivity contribution is 0.0713. The van der Waals surface area contributed by atoms with Crippen LogP contribution in [0.4, 0.5) is 5.69 Å². The van der Waals surface area contributed by atoms with Crippen molar-refractivity contribution in [1.82, 2.24) is 9.88 Å². The van der Waals surface area contributed by atoms with Gasteiger partial charge in [0.1, 0.15) is 0 Å². The number of thiophene rings is 1. The third kappa shape index (κ3) is 4.52. The number of nitrogens with one attached hydrogen (secondary N) is 1. The fourth-order valence-corrected chi connectivity index (χ4v) is 5.72. The minimum atomic E-state index is 0.0201. The fraction of sp³-hybridized carbons (Fsp3) is 0.250. The monoisotopic (exact) mass is 466 g/mol. The molecule has 0 spiro atoms. The molecule has 1 aliphatic heterocycles. The van der Waals surface area contributed by atoms with Crippen molar-refractivity contribution in [3.05, 3.63) is 94.5 Å². The molecule has 0 aliphatic carbocycles. The second-order valence-electron chi connectivity index (χ2n) is 8.64. The number of hydrogen-bond acceptors (Lipinski definition) is 5. The first-order valence-electron chi connectivity index (χ1n) is 11.6. The number of carbonyl (C=O) groups excluding carboxylic acids is 1. The van der Waals surface area contributed by atoms with E-state index in [2.05, 4.69) is 52.8 Å². The van der Waals surface area contributed by atoms with E-state index in [4.69, 9.17) is 0 Å². The summed E-state index contributed by atoms with van der Waals surface area (Å²) in [6.07, 6.45) is 3.92. The zero-order valence-corrected chi connectivity index (χ0v) is 19.7. The quantitative estimate of drug-likeness (QED) is 0.379. The van der Waals surface area contributed by atoms with Crippen LogP contribution in [0.5, 0.6) is 0 Å². The highest BCUT2D eigenvalue weighted by Gasteiger charge is 2.27. The second-order valence-corrected chi connectivity index (χ2v) is 9.52. The highest BCUT2D eigenvalue weighted by Crippen LogP contribution is 2.36. The van der Waals surface area contributed by atoms with Gasteiger partial charge in [-0.3, -0.25) is 9.78 Å². The molecule has 2 aromatic heterocycles. The zero-order valence-electron chi connectivity index (χ0n) is 18.9. The minimum Gasteiger partial charge on any atom is -0.379 e. The number of aromatic nitrogens is 1. The van der Waals surface area contributed by atoms with Crippen molar-refractivity contribution in [1.29, 1.82) is 5.26 Å². The topological polar surface area (TPSA) is 69.0 Å². The fourth-order valence-electron chi connectivity index (χ4n) is 4.67. The molecule has 5 rings (SSSR count). The first-order valence-corrected chi connectivity index (χ1v) is 12.5. The molecule has 170 valence electrons. The van der Waals surface area contributed by atoms with Gasteiger partial charge in [-0.25, -0.2) is 0 Å². The van der Waals surface area contributed by atoms with Crippen LogP contribution in [0.25, 0.3) is 10.2 Å². The van der Waals surface area contributed by atoms with E-state index in [1.54, 1.807) is 17.5 Å². The summed E-state index contributed by atoms with van der Waals surface area (Å²) in [4.78, 5) is 20.2. The molecule has 2 aromatic carbocycles. The van der Waals surface area contributed by atoms with Gasteiger partial charge in [-0.05, 0) is 35.3 Å². The van der Waals surface area contributed by atoms with Gasteiger partial charge in [0.05, 0.1) is 34.0 Å². The minimum absolute atomic E-state index is 0.0201. The summed E-state index contributed by atoms with van der Waals surface area (Å²) < 4.78 is 0.936. The van der Waals surface area contributed by atoms with Crippen LogP contribution in [-0.2, 0) is 13.0 Å². The van der Waals surface area contributed by atoms with Crippen LogP contribution < -0.4 is 5.32 Å². The van der Waals surface area contributed by atoms with Crippen molar-refractivity contribution in [2.24, 2.45) is 0 Å². The standard InChI is InChI=1S/C28H26N4OS/c29-14-11-23-19-34-27-25(23)31-18-24(26(27)30-17-20-7-3-1-4-8-20)28(33)32-15-12-22(13-16-32)21-9-5-2-6-10-21/h1-10,18-19,22H,11-13,15-17H2,(H,30,31). The van der Waals surface area contributed by atoms with Gasteiger partial charge in [0.15, 0.2) is 0 Å². The summed E-state index contributed by atoms with van der Waals surface area (Å²) in [5.41, 5.74) is 5.63. The number of likely N-dealkylation sites (tertiary alicyclic amines) is 1. The summed E-state index contributed by atoms with van der Waals surface area (Å²) in [6.45, 7) is 2.08. The van der Waals surface area contributed by atoms with Gasteiger partial charge < -0.3 is 10.2 Å². The van der Waals surface area contributed by atoms with E-state index < -0.39 is 0 Å². The number of anilines is 1. The van der Waals surface area contributed by atoms with Crippen LogP contribution in [0.15, 0.2) is 72.2 Å². The summed E-state index contributed by atoms with van der Waals surface area (Å²) in [5.74, 6) is 0.513. The van der Waals surface area contributed by atoms with Crippen LogP contribution in [0.1, 0.15) is 45.8 Å². The Morgan fingerprint density at radius 3 is 2.50 bits per heavy atom.